The molecule has 0 atom stereocenters. The third-order valence-corrected chi connectivity index (χ3v) is 2.81. The third-order valence-electron chi connectivity index (χ3n) is 2.56. The fourth-order valence-corrected chi connectivity index (χ4v) is 1.73. The van der Waals surface area contributed by atoms with Gasteiger partial charge in [0.15, 0.2) is 11.6 Å². The average molecular weight is 268 g/mol. The van der Waals surface area contributed by atoms with Crippen LogP contribution in [-0.2, 0) is 13.1 Å². The van der Waals surface area contributed by atoms with Crippen LogP contribution in [0, 0.1) is 11.6 Å². The zero-order valence-electron chi connectivity index (χ0n) is 9.59. The Labute approximate surface area is 109 Å². The molecule has 1 N–H and O–H groups in total. The van der Waals surface area contributed by atoms with Gasteiger partial charge in [-0.05, 0) is 35.4 Å². The molecule has 0 amide bonds. The summed E-state index contributed by atoms with van der Waals surface area (Å²) in [5.74, 6) is -1.64. The molecule has 0 unspecified atom stereocenters. The highest BCUT2D eigenvalue weighted by molar-refractivity contribution is 6.30. The quantitative estimate of drug-likeness (QED) is 0.886. The van der Waals surface area contributed by atoms with E-state index in [2.05, 4.69) is 5.32 Å². The molecule has 0 radical (unpaired) electrons. The lowest BCUT2D eigenvalue weighted by atomic mass is 10.2. The topological polar surface area (TPSA) is 12.0 Å². The largest absolute Gasteiger partial charge is 0.309 e. The number of hydrogen-bond acceptors (Lipinski definition) is 1. The lowest BCUT2D eigenvalue weighted by Gasteiger charge is -2.05. The minimum Gasteiger partial charge on any atom is -0.309 e. The van der Waals surface area contributed by atoms with Crippen molar-refractivity contribution in [1.29, 1.82) is 0 Å². The van der Waals surface area contributed by atoms with E-state index in [1.165, 1.54) is 6.07 Å². The Hall–Kier alpha value is -1.45. The Balaban J connectivity index is 1.88. The summed E-state index contributed by atoms with van der Waals surface area (Å²) in [5.41, 5.74) is 1.80. The summed E-state index contributed by atoms with van der Waals surface area (Å²) in [4.78, 5) is 0. The van der Waals surface area contributed by atoms with Crippen LogP contribution in [0.25, 0.3) is 0 Å². The summed E-state index contributed by atoms with van der Waals surface area (Å²) in [6.07, 6.45) is 0. The van der Waals surface area contributed by atoms with Crippen LogP contribution in [-0.4, -0.2) is 0 Å². The predicted octanol–water partition coefficient (Wildman–Crippen LogP) is 3.91. The highest BCUT2D eigenvalue weighted by atomic mass is 35.5. The molecule has 2 rings (SSSR count). The van der Waals surface area contributed by atoms with E-state index in [4.69, 9.17) is 11.6 Å². The van der Waals surface area contributed by atoms with Crippen molar-refractivity contribution in [2.75, 3.05) is 0 Å². The molecular weight excluding hydrogens is 256 g/mol. The fourth-order valence-electron chi connectivity index (χ4n) is 1.60. The standard InChI is InChI=1S/C14H12ClF2N/c15-12-4-1-10(2-5-12)8-18-9-11-3-6-13(16)14(17)7-11/h1-7,18H,8-9H2. The Morgan fingerprint density at radius 1 is 0.833 bits per heavy atom. The van der Waals surface area contributed by atoms with E-state index in [9.17, 15) is 8.78 Å². The van der Waals surface area contributed by atoms with Crippen molar-refractivity contribution in [2.45, 2.75) is 13.1 Å². The third kappa shape index (κ3) is 3.52. The highest BCUT2D eigenvalue weighted by Gasteiger charge is 2.02. The maximum Gasteiger partial charge on any atom is 0.159 e. The first-order valence-electron chi connectivity index (χ1n) is 5.54. The van der Waals surface area contributed by atoms with E-state index in [1.807, 2.05) is 24.3 Å². The normalized spacial score (nSPS) is 10.6. The minimum absolute atomic E-state index is 0.486. The maximum absolute atomic E-state index is 13.0. The van der Waals surface area contributed by atoms with Gasteiger partial charge in [0, 0.05) is 18.1 Å². The first-order valence-corrected chi connectivity index (χ1v) is 5.92. The van der Waals surface area contributed by atoms with Crippen LogP contribution >= 0.6 is 11.6 Å². The van der Waals surface area contributed by atoms with Crippen molar-refractivity contribution in [3.8, 4) is 0 Å². The van der Waals surface area contributed by atoms with Gasteiger partial charge >= 0.3 is 0 Å². The van der Waals surface area contributed by atoms with Crippen molar-refractivity contribution in [2.24, 2.45) is 0 Å². The molecule has 0 aliphatic rings. The zero-order chi connectivity index (χ0) is 13.0. The molecule has 0 aliphatic heterocycles. The predicted molar refractivity (Wildman–Crippen MR) is 68.4 cm³/mol. The molecule has 2 aromatic carbocycles. The van der Waals surface area contributed by atoms with Crippen molar-refractivity contribution < 1.29 is 8.78 Å². The minimum atomic E-state index is -0.823. The van der Waals surface area contributed by atoms with Gasteiger partial charge in [0.05, 0.1) is 0 Å². The number of hydrogen-bond donors (Lipinski definition) is 1. The van der Waals surface area contributed by atoms with Crippen LogP contribution < -0.4 is 5.32 Å². The second-order valence-corrected chi connectivity index (χ2v) is 4.41. The van der Waals surface area contributed by atoms with Crippen LogP contribution in [0.2, 0.25) is 5.02 Å². The molecule has 94 valence electrons. The SMILES string of the molecule is Fc1ccc(CNCc2ccc(Cl)cc2)cc1F. The van der Waals surface area contributed by atoms with Crippen LogP contribution in [0.1, 0.15) is 11.1 Å². The van der Waals surface area contributed by atoms with E-state index >= 15 is 0 Å². The lowest BCUT2D eigenvalue weighted by molar-refractivity contribution is 0.506. The molecule has 0 aromatic heterocycles. The summed E-state index contributed by atoms with van der Waals surface area (Å²) in [7, 11) is 0. The summed E-state index contributed by atoms with van der Waals surface area (Å²) >= 11 is 5.78. The molecule has 1 nitrogen and oxygen atoms in total. The molecule has 2 aromatic rings. The van der Waals surface area contributed by atoms with Gasteiger partial charge in [-0.25, -0.2) is 8.78 Å². The molecular formula is C14H12ClF2N. The van der Waals surface area contributed by atoms with E-state index < -0.39 is 11.6 Å². The lowest BCUT2D eigenvalue weighted by Crippen LogP contribution is -2.12. The van der Waals surface area contributed by atoms with Crippen LogP contribution in [0.5, 0.6) is 0 Å². The summed E-state index contributed by atoms with van der Waals surface area (Å²) in [6, 6.07) is 11.4. The van der Waals surface area contributed by atoms with Gasteiger partial charge in [0.2, 0.25) is 0 Å². The first-order chi connectivity index (χ1) is 8.65. The Kier molecular flexibility index (Phi) is 4.28. The van der Waals surface area contributed by atoms with Crippen LogP contribution in [0.4, 0.5) is 8.78 Å². The molecule has 0 fully saturated rings. The smallest absolute Gasteiger partial charge is 0.159 e. The van der Waals surface area contributed by atoms with E-state index in [-0.39, 0.29) is 0 Å². The molecule has 0 heterocycles. The monoisotopic (exact) mass is 267 g/mol. The summed E-state index contributed by atoms with van der Waals surface area (Å²) in [6.45, 7) is 1.13. The first kappa shape index (κ1) is 13.0. The van der Waals surface area contributed by atoms with Crippen LogP contribution in [0.3, 0.4) is 0 Å². The van der Waals surface area contributed by atoms with Gasteiger partial charge in [0.1, 0.15) is 0 Å². The summed E-state index contributed by atoms with van der Waals surface area (Å²) in [5, 5.41) is 3.85. The van der Waals surface area contributed by atoms with E-state index in [0.717, 1.165) is 11.6 Å². The Morgan fingerprint density at radius 2 is 1.44 bits per heavy atom. The van der Waals surface area contributed by atoms with Crippen molar-refractivity contribution >= 4 is 11.6 Å². The van der Waals surface area contributed by atoms with Gasteiger partial charge in [-0.1, -0.05) is 29.8 Å². The molecule has 4 heteroatoms. The molecule has 0 bridgehead atoms. The van der Waals surface area contributed by atoms with Gasteiger partial charge in [0.25, 0.3) is 0 Å². The zero-order valence-corrected chi connectivity index (χ0v) is 10.3. The fraction of sp³-hybridized carbons (Fsp3) is 0.143. The van der Waals surface area contributed by atoms with Gasteiger partial charge in [-0.3, -0.25) is 0 Å². The Morgan fingerprint density at radius 3 is 2.11 bits per heavy atom. The number of benzene rings is 2. The van der Waals surface area contributed by atoms with Crippen molar-refractivity contribution in [3.05, 3.63) is 70.2 Å². The Bertz CT molecular complexity index is 526. The van der Waals surface area contributed by atoms with E-state index in [0.29, 0.717) is 23.7 Å². The molecule has 18 heavy (non-hydrogen) atoms. The van der Waals surface area contributed by atoms with Gasteiger partial charge < -0.3 is 5.32 Å². The molecule has 0 saturated heterocycles. The molecule has 0 saturated carbocycles. The van der Waals surface area contributed by atoms with Crippen molar-refractivity contribution in [1.82, 2.24) is 5.32 Å². The van der Waals surface area contributed by atoms with Crippen LogP contribution in [0.15, 0.2) is 42.5 Å². The molecule has 0 aliphatic carbocycles. The maximum atomic E-state index is 13.0. The van der Waals surface area contributed by atoms with E-state index in [1.54, 1.807) is 6.07 Å². The van der Waals surface area contributed by atoms with Gasteiger partial charge in [-0.2, -0.15) is 0 Å². The van der Waals surface area contributed by atoms with Crippen molar-refractivity contribution in [3.63, 3.8) is 0 Å². The number of nitrogens with one attached hydrogen (secondary N) is 1. The summed E-state index contributed by atoms with van der Waals surface area (Å²) < 4.78 is 25.7. The number of rotatable bonds is 4. The second kappa shape index (κ2) is 5.94. The second-order valence-electron chi connectivity index (χ2n) is 3.98. The average Bonchev–Trinajstić information content (AvgIpc) is 2.36. The highest BCUT2D eigenvalue weighted by Crippen LogP contribution is 2.10. The molecule has 0 spiro atoms. The van der Waals surface area contributed by atoms with Gasteiger partial charge in [-0.15, -0.1) is 0 Å². The number of halogens is 3.